The summed E-state index contributed by atoms with van der Waals surface area (Å²) in [5.74, 6) is -1.19. The molecule has 0 saturated heterocycles. The standard InChI is InChI=1S/C21H24N2O4/c1-21(2,3)20(27)22-13-15-4-8-16(9-5-15)19(26)23-17-10-6-14(7-11-17)12-18(24)25/h4-11H,12-13H2,1-3H3,(H,22,27)(H,23,26)(H,24,25). The number of aliphatic carboxylic acids is 1. The van der Waals surface area contributed by atoms with Gasteiger partial charge in [-0.15, -0.1) is 0 Å². The summed E-state index contributed by atoms with van der Waals surface area (Å²) in [6.07, 6.45) is -0.0541. The number of hydrogen-bond donors (Lipinski definition) is 3. The summed E-state index contributed by atoms with van der Waals surface area (Å²) in [7, 11) is 0. The molecule has 2 amide bonds. The molecule has 0 saturated carbocycles. The van der Waals surface area contributed by atoms with Crippen molar-refractivity contribution >= 4 is 23.5 Å². The summed E-state index contributed by atoms with van der Waals surface area (Å²) in [6, 6.07) is 13.7. The molecule has 142 valence electrons. The number of carbonyl (C=O) groups is 3. The van der Waals surface area contributed by atoms with Crippen LogP contribution >= 0.6 is 0 Å². The molecular formula is C21H24N2O4. The molecule has 0 unspecified atom stereocenters. The van der Waals surface area contributed by atoms with Gasteiger partial charge in [0.25, 0.3) is 5.91 Å². The zero-order chi connectivity index (χ0) is 20.0. The van der Waals surface area contributed by atoms with E-state index in [-0.39, 0.29) is 18.2 Å². The van der Waals surface area contributed by atoms with Crippen molar-refractivity contribution < 1.29 is 19.5 Å². The smallest absolute Gasteiger partial charge is 0.307 e. The lowest BCUT2D eigenvalue weighted by Gasteiger charge is -2.17. The third kappa shape index (κ3) is 6.26. The van der Waals surface area contributed by atoms with Gasteiger partial charge in [-0.05, 0) is 35.4 Å². The summed E-state index contributed by atoms with van der Waals surface area (Å²) in [5, 5.41) is 14.4. The van der Waals surface area contributed by atoms with Crippen LogP contribution in [0.2, 0.25) is 0 Å². The van der Waals surface area contributed by atoms with Crippen molar-refractivity contribution in [1.82, 2.24) is 5.32 Å². The molecule has 3 N–H and O–H groups in total. The molecule has 0 heterocycles. The number of nitrogens with one attached hydrogen (secondary N) is 2. The number of anilines is 1. The Morgan fingerprint density at radius 3 is 1.96 bits per heavy atom. The van der Waals surface area contributed by atoms with Crippen LogP contribution in [0.15, 0.2) is 48.5 Å². The van der Waals surface area contributed by atoms with Gasteiger partial charge in [-0.2, -0.15) is 0 Å². The molecule has 0 aromatic heterocycles. The molecule has 0 aliphatic heterocycles. The topological polar surface area (TPSA) is 95.5 Å². The number of carboxylic acids is 1. The van der Waals surface area contributed by atoms with Gasteiger partial charge < -0.3 is 15.7 Å². The Kier molecular flexibility index (Phi) is 6.34. The van der Waals surface area contributed by atoms with Crippen molar-refractivity contribution in [2.75, 3.05) is 5.32 Å². The van der Waals surface area contributed by atoms with Gasteiger partial charge in [-0.3, -0.25) is 14.4 Å². The normalized spacial score (nSPS) is 10.9. The van der Waals surface area contributed by atoms with E-state index in [1.807, 2.05) is 20.8 Å². The first-order valence-corrected chi connectivity index (χ1v) is 8.64. The number of amides is 2. The minimum atomic E-state index is -0.898. The van der Waals surface area contributed by atoms with E-state index in [1.165, 1.54) is 0 Å². The van der Waals surface area contributed by atoms with Crippen molar-refractivity contribution in [1.29, 1.82) is 0 Å². The van der Waals surface area contributed by atoms with E-state index in [1.54, 1.807) is 48.5 Å². The van der Waals surface area contributed by atoms with Crippen LogP contribution in [0.25, 0.3) is 0 Å². The summed E-state index contributed by atoms with van der Waals surface area (Å²) < 4.78 is 0. The Morgan fingerprint density at radius 1 is 0.889 bits per heavy atom. The molecule has 2 aromatic carbocycles. The Labute approximate surface area is 158 Å². The van der Waals surface area contributed by atoms with Gasteiger partial charge >= 0.3 is 5.97 Å². The third-order valence-corrected chi connectivity index (χ3v) is 3.92. The maximum absolute atomic E-state index is 12.3. The highest BCUT2D eigenvalue weighted by molar-refractivity contribution is 6.04. The molecular weight excluding hydrogens is 344 g/mol. The number of carbonyl (C=O) groups excluding carboxylic acids is 2. The van der Waals surface area contributed by atoms with Crippen molar-refractivity contribution in [3.63, 3.8) is 0 Å². The number of benzene rings is 2. The first kappa shape index (κ1) is 20.2. The molecule has 27 heavy (non-hydrogen) atoms. The van der Waals surface area contributed by atoms with Gasteiger partial charge in [-0.25, -0.2) is 0 Å². The zero-order valence-electron chi connectivity index (χ0n) is 15.7. The van der Waals surface area contributed by atoms with E-state index in [0.717, 1.165) is 5.56 Å². The molecule has 0 bridgehead atoms. The summed E-state index contributed by atoms with van der Waals surface area (Å²) in [4.78, 5) is 34.9. The van der Waals surface area contributed by atoms with Crippen LogP contribution in [0.5, 0.6) is 0 Å². The van der Waals surface area contributed by atoms with E-state index in [0.29, 0.717) is 23.4 Å². The fourth-order valence-corrected chi connectivity index (χ4v) is 2.31. The molecule has 0 fully saturated rings. The highest BCUT2D eigenvalue weighted by atomic mass is 16.4. The van der Waals surface area contributed by atoms with Crippen LogP contribution in [-0.2, 0) is 22.6 Å². The van der Waals surface area contributed by atoms with Gasteiger partial charge in [0.1, 0.15) is 0 Å². The Hall–Kier alpha value is -3.15. The lowest BCUT2D eigenvalue weighted by Crippen LogP contribution is -2.34. The predicted molar refractivity (Wildman–Crippen MR) is 103 cm³/mol. The molecule has 2 aromatic rings. The average Bonchev–Trinajstić information content (AvgIpc) is 2.60. The van der Waals surface area contributed by atoms with Crippen LogP contribution in [0.1, 0.15) is 42.3 Å². The lowest BCUT2D eigenvalue weighted by molar-refractivity contribution is -0.136. The largest absolute Gasteiger partial charge is 0.481 e. The second kappa shape index (κ2) is 8.49. The highest BCUT2D eigenvalue weighted by Gasteiger charge is 2.20. The van der Waals surface area contributed by atoms with Crippen LogP contribution < -0.4 is 10.6 Å². The van der Waals surface area contributed by atoms with E-state index in [2.05, 4.69) is 10.6 Å². The third-order valence-electron chi connectivity index (χ3n) is 3.92. The van der Waals surface area contributed by atoms with Gasteiger partial charge in [0.15, 0.2) is 0 Å². The number of carboxylic acid groups (broad SMARTS) is 1. The minimum absolute atomic E-state index is 0.0318. The predicted octanol–water partition coefficient (Wildman–Crippen LogP) is 3.23. The summed E-state index contributed by atoms with van der Waals surface area (Å²) >= 11 is 0. The number of hydrogen-bond acceptors (Lipinski definition) is 3. The van der Waals surface area contributed by atoms with E-state index < -0.39 is 11.4 Å². The quantitative estimate of drug-likeness (QED) is 0.729. The molecule has 0 radical (unpaired) electrons. The fourth-order valence-electron chi connectivity index (χ4n) is 2.31. The Balaban J connectivity index is 1.93. The second-order valence-corrected chi connectivity index (χ2v) is 7.35. The molecule has 6 heteroatoms. The molecule has 6 nitrogen and oxygen atoms in total. The molecule has 0 aliphatic carbocycles. The van der Waals surface area contributed by atoms with Crippen molar-refractivity contribution in [2.45, 2.75) is 33.7 Å². The molecule has 0 spiro atoms. The Morgan fingerprint density at radius 2 is 1.44 bits per heavy atom. The lowest BCUT2D eigenvalue weighted by atomic mass is 9.95. The van der Waals surface area contributed by atoms with E-state index >= 15 is 0 Å². The zero-order valence-corrected chi connectivity index (χ0v) is 15.7. The maximum atomic E-state index is 12.3. The second-order valence-electron chi connectivity index (χ2n) is 7.35. The first-order valence-electron chi connectivity index (χ1n) is 8.64. The SMILES string of the molecule is CC(C)(C)C(=O)NCc1ccc(C(=O)Nc2ccc(CC(=O)O)cc2)cc1. The van der Waals surface area contributed by atoms with Gasteiger partial charge in [0, 0.05) is 23.2 Å². The van der Waals surface area contributed by atoms with Crippen LogP contribution in [0.3, 0.4) is 0 Å². The molecule has 0 aliphatic rings. The van der Waals surface area contributed by atoms with Crippen molar-refractivity contribution in [3.05, 3.63) is 65.2 Å². The molecule has 0 atom stereocenters. The van der Waals surface area contributed by atoms with Crippen molar-refractivity contribution in [3.8, 4) is 0 Å². The van der Waals surface area contributed by atoms with Gasteiger partial charge in [-0.1, -0.05) is 45.0 Å². The van der Waals surface area contributed by atoms with Crippen LogP contribution in [0, 0.1) is 5.41 Å². The highest BCUT2D eigenvalue weighted by Crippen LogP contribution is 2.14. The maximum Gasteiger partial charge on any atom is 0.307 e. The fraction of sp³-hybridized carbons (Fsp3) is 0.286. The summed E-state index contributed by atoms with van der Waals surface area (Å²) in [5.41, 5.74) is 2.22. The number of rotatable bonds is 6. The van der Waals surface area contributed by atoms with E-state index in [4.69, 9.17) is 5.11 Å². The van der Waals surface area contributed by atoms with Gasteiger partial charge in [0.05, 0.1) is 6.42 Å². The monoisotopic (exact) mass is 368 g/mol. The minimum Gasteiger partial charge on any atom is -0.481 e. The van der Waals surface area contributed by atoms with Crippen LogP contribution in [0.4, 0.5) is 5.69 Å². The summed E-state index contributed by atoms with van der Waals surface area (Å²) in [6.45, 7) is 5.96. The Bertz CT molecular complexity index is 819. The van der Waals surface area contributed by atoms with Crippen molar-refractivity contribution in [2.24, 2.45) is 5.41 Å². The van der Waals surface area contributed by atoms with E-state index in [9.17, 15) is 14.4 Å². The average molecular weight is 368 g/mol. The first-order chi connectivity index (χ1) is 12.6. The molecule has 2 rings (SSSR count). The van der Waals surface area contributed by atoms with Gasteiger partial charge in [0.2, 0.25) is 5.91 Å². The van der Waals surface area contributed by atoms with Crippen LogP contribution in [-0.4, -0.2) is 22.9 Å².